The summed E-state index contributed by atoms with van der Waals surface area (Å²) in [4.78, 5) is 11.0. The highest BCUT2D eigenvalue weighted by Gasteiger charge is 2.03. The summed E-state index contributed by atoms with van der Waals surface area (Å²) in [5, 5.41) is 9.68. The quantitative estimate of drug-likeness (QED) is 0.355. The van der Waals surface area contributed by atoms with Crippen molar-refractivity contribution in [3.8, 4) is 5.75 Å². The molecule has 0 spiro atoms. The van der Waals surface area contributed by atoms with Gasteiger partial charge in [0.05, 0.1) is 19.8 Å². The van der Waals surface area contributed by atoms with Gasteiger partial charge in [-0.25, -0.2) is 4.79 Å². The van der Waals surface area contributed by atoms with Crippen LogP contribution in [0, 0.1) is 0 Å². The number of methoxy groups -OCH3 is 1. The minimum atomic E-state index is -0.586. The van der Waals surface area contributed by atoms with Gasteiger partial charge in [0.25, 0.3) is 0 Å². The zero-order valence-corrected chi connectivity index (χ0v) is 11.4. The molecule has 104 valence electrons. The molecule has 1 N–H and O–H groups in total. The lowest BCUT2D eigenvalue weighted by molar-refractivity contribution is -0.134. The highest BCUT2D eigenvalue weighted by molar-refractivity contribution is 5.89. The van der Waals surface area contributed by atoms with Crippen LogP contribution >= 0.6 is 0 Å². The molecule has 1 aromatic rings. The van der Waals surface area contributed by atoms with E-state index in [9.17, 15) is 9.90 Å². The SMILES string of the molecule is CCCCCOc1ccc(/C(O)=C/C(=O)OC)cc1. The second-order valence-corrected chi connectivity index (χ2v) is 4.13. The molecule has 0 amide bonds. The fourth-order valence-electron chi connectivity index (χ4n) is 1.52. The number of unbranched alkanes of at least 4 members (excludes halogenated alkanes) is 2. The van der Waals surface area contributed by atoms with Crippen LogP contribution in [0.1, 0.15) is 31.7 Å². The second kappa shape index (κ2) is 8.19. The summed E-state index contributed by atoms with van der Waals surface area (Å²) in [6, 6.07) is 6.93. The van der Waals surface area contributed by atoms with Gasteiger partial charge in [0.2, 0.25) is 0 Å². The fraction of sp³-hybridized carbons (Fsp3) is 0.400. The predicted molar refractivity (Wildman–Crippen MR) is 74.1 cm³/mol. The maximum atomic E-state index is 11.0. The monoisotopic (exact) mass is 264 g/mol. The van der Waals surface area contributed by atoms with Gasteiger partial charge >= 0.3 is 5.97 Å². The molecule has 0 aromatic heterocycles. The van der Waals surface area contributed by atoms with Crippen LogP contribution in [-0.2, 0) is 9.53 Å². The summed E-state index contributed by atoms with van der Waals surface area (Å²) in [5.41, 5.74) is 0.548. The van der Waals surface area contributed by atoms with E-state index in [-0.39, 0.29) is 5.76 Å². The van der Waals surface area contributed by atoms with E-state index in [0.717, 1.165) is 31.1 Å². The van der Waals surface area contributed by atoms with Gasteiger partial charge in [0, 0.05) is 5.56 Å². The van der Waals surface area contributed by atoms with Crippen LogP contribution in [0.3, 0.4) is 0 Å². The van der Waals surface area contributed by atoms with Gasteiger partial charge < -0.3 is 14.6 Å². The van der Waals surface area contributed by atoms with Crippen molar-refractivity contribution in [2.75, 3.05) is 13.7 Å². The van der Waals surface area contributed by atoms with Crippen LogP contribution in [0.2, 0.25) is 0 Å². The van der Waals surface area contributed by atoms with Crippen molar-refractivity contribution in [3.05, 3.63) is 35.9 Å². The first-order valence-corrected chi connectivity index (χ1v) is 6.39. The number of benzene rings is 1. The molecule has 0 atom stereocenters. The van der Waals surface area contributed by atoms with Gasteiger partial charge in [0.1, 0.15) is 11.5 Å². The first-order valence-electron chi connectivity index (χ1n) is 6.39. The lowest BCUT2D eigenvalue weighted by Crippen LogP contribution is -1.98. The Balaban J connectivity index is 2.56. The summed E-state index contributed by atoms with van der Waals surface area (Å²) in [7, 11) is 1.26. The van der Waals surface area contributed by atoms with Crippen LogP contribution in [-0.4, -0.2) is 24.8 Å². The van der Waals surface area contributed by atoms with E-state index in [4.69, 9.17) is 4.74 Å². The van der Waals surface area contributed by atoms with E-state index in [1.54, 1.807) is 24.3 Å². The standard InChI is InChI=1S/C15H20O4/c1-3-4-5-10-19-13-8-6-12(7-9-13)14(16)11-15(17)18-2/h6-9,11,16H,3-5,10H2,1-2H3/b14-11-. The molecular formula is C15H20O4. The molecule has 0 fully saturated rings. The Bertz CT molecular complexity index is 420. The van der Waals surface area contributed by atoms with Crippen LogP contribution < -0.4 is 4.74 Å². The average Bonchev–Trinajstić information content (AvgIpc) is 2.44. The lowest BCUT2D eigenvalue weighted by atomic mass is 10.1. The number of aliphatic hydroxyl groups excluding tert-OH is 1. The molecule has 0 aliphatic rings. The average molecular weight is 264 g/mol. The molecule has 1 aromatic carbocycles. The van der Waals surface area contributed by atoms with Gasteiger partial charge in [-0.3, -0.25) is 0 Å². The van der Waals surface area contributed by atoms with Crippen LogP contribution in [0.4, 0.5) is 0 Å². The summed E-state index contributed by atoms with van der Waals surface area (Å²) >= 11 is 0. The normalized spacial score (nSPS) is 11.2. The number of carbonyl (C=O) groups is 1. The van der Waals surface area contributed by atoms with E-state index in [0.29, 0.717) is 12.2 Å². The van der Waals surface area contributed by atoms with Crippen molar-refractivity contribution >= 4 is 11.7 Å². The molecule has 0 radical (unpaired) electrons. The highest BCUT2D eigenvalue weighted by Crippen LogP contribution is 2.17. The molecule has 1 rings (SSSR count). The van der Waals surface area contributed by atoms with Gasteiger partial charge in [-0.15, -0.1) is 0 Å². The van der Waals surface area contributed by atoms with Crippen LogP contribution in [0.5, 0.6) is 5.75 Å². The Morgan fingerprint density at radius 3 is 2.53 bits per heavy atom. The Morgan fingerprint density at radius 1 is 1.26 bits per heavy atom. The zero-order valence-electron chi connectivity index (χ0n) is 11.4. The zero-order chi connectivity index (χ0) is 14.1. The molecule has 0 aliphatic heterocycles. The van der Waals surface area contributed by atoms with Crippen molar-refractivity contribution in [2.24, 2.45) is 0 Å². The third-order valence-electron chi connectivity index (χ3n) is 2.62. The Kier molecular flexibility index (Phi) is 6.50. The molecule has 4 nitrogen and oxygen atoms in total. The Hall–Kier alpha value is -1.97. The Morgan fingerprint density at radius 2 is 1.95 bits per heavy atom. The second-order valence-electron chi connectivity index (χ2n) is 4.13. The minimum absolute atomic E-state index is 0.121. The molecule has 0 aliphatic carbocycles. The number of carbonyl (C=O) groups excluding carboxylic acids is 1. The van der Waals surface area contributed by atoms with E-state index in [2.05, 4.69) is 11.7 Å². The lowest BCUT2D eigenvalue weighted by Gasteiger charge is -2.06. The summed E-state index contributed by atoms with van der Waals surface area (Å²) < 4.78 is 9.99. The van der Waals surface area contributed by atoms with E-state index < -0.39 is 5.97 Å². The fourth-order valence-corrected chi connectivity index (χ4v) is 1.52. The number of ether oxygens (including phenoxy) is 2. The third kappa shape index (κ3) is 5.46. The van der Waals surface area contributed by atoms with Crippen molar-refractivity contribution < 1.29 is 19.4 Å². The van der Waals surface area contributed by atoms with Gasteiger partial charge in [-0.1, -0.05) is 19.8 Å². The molecular weight excluding hydrogens is 244 g/mol. The molecule has 0 heterocycles. The maximum Gasteiger partial charge on any atom is 0.334 e. The number of rotatable bonds is 7. The van der Waals surface area contributed by atoms with E-state index >= 15 is 0 Å². The Labute approximate surface area is 113 Å². The number of hydrogen-bond acceptors (Lipinski definition) is 4. The molecule has 0 unspecified atom stereocenters. The van der Waals surface area contributed by atoms with Gasteiger partial charge in [-0.05, 0) is 30.7 Å². The van der Waals surface area contributed by atoms with E-state index in [1.807, 2.05) is 0 Å². The molecule has 19 heavy (non-hydrogen) atoms. The summed E-state index contributed by atoms with van der Waals surface area (Å²) in [5.74, 6) is 0.0486. The van der Waals surface area contributed by atoms with Crippen LogP contribution in [0.25, 0.3) is 5.76 Å². The van der Waals surface area contributed by atoms with Crippen molar-refractivity contribution in [1.29, 1.82) is 0 Å². The maximum absolute atomic E-state index is 11.0. The number of aliphatic hydroxyl groups is 1. The summed E-state index contributed by atoms with van der Waals surface area (Å²) in [6.45, 7) is 2.84. The predicted octanol–water partition coefficient (Wildman–Crippen LogP) is 3.33. The first kappa shape index (κ1) is 15.1. The van der Waals surface area contributed by atoms with Crippen molar-refractivity contribution in [3.63, 3.8) is 0 Å². The van der Waals surface area contributed by atoms with Gasteiger partial charge in [0.15, 0.2) is 0 Å². The molecule has 0 saturated carbocycles. The van der Waals surface area contributed by atoms with Gasteiger partial charge in [-0.2, -0.15) is 0 Å². The number of hydrogen-bond donors (Lipinski definition) is 1. The molecule has 0 bridgehead atoms. The smallest absolute Gasteiger partial charge is 0.334 e. The van der Waals surface area contributed by atoms with Crippen molar-refractivity contribution in [2.45, 2.75) is 26.2 Å². The summed E-state index contributed by atoms with van der Waals surface area (Å²) in [6.07, 6.45) is 4.39. The first-order chi connectivity index (χ1) is 9.17. The van der Waals surface area contributed by atoms with E-state index in [1.165, 1.54) is 7.11 Å². The highest BCUT2D eigenvalue weighted by atomic mass is 16.5. The minimum Gasteiger partial charge on any atom is -0.507 e. The molecule has 4 heteroatoms. The topological polar surface area (TPSA) is 55.8 Å². The number of esters is 1. The largest absolute Gasteiger partial charge is 0.507 e. The van der Waals surface area contributed by atoms with Crippen molar-refractivity contribution in [1.82, 2.24) is 0 Å². The van der Waals surface area contributed by atoms with Crippen LogP contribution in [0.15, 0.2) is 30.3 Å². The molecule has 0 saturated heterocycles. The third-order valence-corrected chi connectivity index (χ3v) is 2.62.